The average Bonchev–Trinajstić information content (AvgIpc) is 2.65. The Labute approximate surface area is 120 Å². The topological polar surface area (TPSA) is 0 Å². The molecule has 0 saturated carbocycles. The van der Waals surface area contributed by atoms with Crippen LogP contribution in [0.5, 0.6) is 0 Å². The van der Waals surface area contributed by atoms with E-state index in [1.807, 2.05) is 6.07 Å². The van der Waals surface area contributed by atoms with E-state index in [1.54, 1.807) is 0 Å². The maximum Gasteiger partial charge on any atom is 0.113 e. The Morgan fingerprint density at radius 1 is 0.750 bits per heavy atom. The third-order valence-corrected chi connectivity index (χ3v) is 4.57. The van der Waals surface area contributed by atoms with Crippen LogP contribution in [0.15, 0.2) is 54.6 Å². The van der Waals surface area contributed by atoms with Crippen LogP contribution in [0.3, 0.4) is 0 Å². The zero-order chi connectivity index (χ0) is 13.9. The standard InChI is InChI=1S/C19H15B/c1-19(2)17-10-13-6-4-3-5-12(13)9-16(17)15-8-7-14(20)11-18(15)19/h3-11H,1-2H3. The predicted molar refractivity (Wildman–Crippen MR) is 86.9 cm³/mol. The largest absolute Gasteiger partial charge is 0.113 e. The molecule has 0 nitrogen and oxygen atoms in total. The Kier molecular flexibility index (Phi) is 2.21. The van der Waals surface area contributed by atoms with Crippen LogP contribution in [0.2, 0.25) is 0 Å². The van der Waals surface area contributed by atoms with Crippen molar-refractivity contribution in [1.82, 2.24) is 0 Å². The van der Waals surface area contributed by atoms with E-state index in [1.165, 1.54) is 33.0 Å². The normalized spacial score (nSPS) is 15.1. The second-order valence-electron chi connectivity index (χ2n) is 6.17. The molecule has 0 N–H and O–H groups in total. The van der Waals surface area contributed by atoms with Crippen molar-refractivity contribution in [1.29, 1.82) is 0 Å². The lowest BCUT2D eigenvalue weighted by atomic mass is 9.80. The van der Waals surface area contributed by atoms with Crippen molar-refractivity contribution in [2.45, 2.75) is 19.3 Å². The molecule has 0 atom stereocenters. The fraction of sp³-hybridized carbons (Fsp3) is 0.158. The van der Waals surface area contributed by atoms with Crippen molar-refractivity contribution < 1.29 is 0 Å². The molecule has 0 amide bonds. The van der Waals surface area contributed by atoms with Crippen molar-refractivity contribution in [3.8, 4) is 11.1 Å². The summed E-state index contributed by atoms with van der Waals surface area (Å²) in [6.45, 7) is 4.57. The maximum absolute atomic E-state index is 5.99. The third-order valence-electron chi connectivity index (χ3n) is 4.57. The highest BCUT2D eigenvalue weighted by atomic mass is 14.4. The fourth-order valence-corrected chi connectivity index (χ4v) is 3.44. The van der Waals surface area contributed by atoms with Crippen LogP contribution in [0.1, 0.15) is 25.0 Å². The first-order valence-corrected chi connectivity index (χ1v) is 7.01. The molecule has 1 heteroatoms. The third kappa shape index (κ3) is 1.44. The summed E-state index contributed by atoms with van der Waals surface area (Å²) in [7, 11) is 5.99. The molecule has 1 aliphatic carbocycles. The Hall–Kier alpha value is -2.02. The van der Waals surface area contributed by atoms with Crippen molar-refractivity contribution >= 4 is 24.1 Å². The van der Waals surface area contributed by atoms with E-state index in [9.17, 15) is 0 Å². The molecule has 3 aromatic carbocycles. The van der Waals surface area contributed by atoms with Gasteiger partial charge in [0.2, 0.25) is 0 Å². The van der Waals surface area contributed by atoms with Gasteiger partial charge in [-0.15, -0.1) is 0 Å². The molecule has 3 aromatic rings. The summed E-state index contributed by atoms with van der Waals surface area (Å²) in [6, 6.07) is 19.5. The van der Waals surface area contributed by atoms with E-state index in [2.05, 4.69) is 62.4 Å². The quantitative estimate of drug-likeness (QED) is 0.533. The number of hydrogen-bond acceptors (Lipinski definition) is 0. The highest BCUT2D eigenvalue weighted by Gasteiger charge is 2.35. The molecular formula is C19H15B. The molecule has 2 radical (unpaired) electrons. The van der Waals surface area contributed by atoms with Crippen LogP contribution in [-0.4, -0.2) is 7.85 Å². The Morgan fingerprint density at radius 2 is 1.40 bits per heavy atom. The highest BCUT2D eigenvalue weighted by molar-refractivity contribution is 6.32. The Morgan fingerprint density at radius 3 is 2.15 bits per heavy atom. The summed E-state index contributed by atoms with van der Waals surface area (Å²) < 4.78 is 0. The van der Waals surface area contributed by atoms with Crippen molar-refractivity contribution in [2.75, 3.05) is 0 Å². The van der Waals surface area contributed by atoms with Crippen LogP contribution in [0, 0.1) is 0 Å². The van der Waals surface area contributed by atoms with Crippen LogP contribution >= 0.6 is 0 Å². The molecular weight excluding hydrogens is 239 g/mol. The molecule has 0 aromatic heterocycles. The lowest BCUT2D eigenvalue weighted by molar-refractivity contribution is 0.662. The average molecular weight is 254 g/mol. The molecule has 0 aliphatic heterocycles. The van der Waals surface area contributed by atoms with Crippen LogP contribution < -0.4 is 5.46 Å². The van der Waals surface area contributed by atoms with E-state index in [-0.39, 0.29) is 5.41 Å². The van der Waals surface area contributed by atoms with Gasteiger partial charge in [-0.2, -0.15) is 0 Å². The second kappa shape index (κ2) is 3.76. The summed E-state index contributed by atoms with van der Waals surface area (Å²) in [4.78, 5) is 0. The summed E-state index contributed by atoms with van der Waals surface area (Å²) in [6.07, 6.45) is 0. The van der Waals surface area contributed by atoms with E-state index in [4.69, 9.17) is 7.85 Å². The first-order chi connectivity index (χ1) is 9.57. The number of benzene rings is 3. The molecule has 94 valence electrons. The minimum absolute atomic E-state index is 0.0179. The van der Waals surface area contributed by atoms with Gasteiger partial charge in [-0.25, -0.2) is 0 Å². The predicted octanol–water partition coefficient (Wildman–Crippen LogP) is 3.94. The SMILES string of the molecule is [B]c1ccc2c(c1)C(C)(C)c1cc3ccccc3cc1-2. The van der Waals surface area contributed by atoms with Crippen molar-refractivity contribution in [3.05, 3.63) is 65.7 Å². The van der Waals surface area contributed by atoms with Crippen LogP contribution in [0.25, 0.3) is 21.9 Å². The van der Waals surface area contributed by atoms with Gasteiger partial charge in [0.05, 0.1) is 0 Å². The molecule has 0 saturated heterocycles. The molecule has 0 heterocycles. The molecule has 0 bridgehead atoms. The Balaban J connectivity index is 2.12. The van der Waals surface area contributed by atoms with Crippen molar-refractivity contribution in [3.63, 3.8) is 0 Å². The van der Waals surface area contributed by atoms with E-state index < -0.39 is 0 Å². The van der Waals surface area contributed by atoms with E-state index >= 15 is 0 Å². The van der Waals surface area contributed by atoms with E-state index in [0.717, 1.165) is 5.46 Å². The zero-order valence-electron chi connectivity index (χ0n) is 11.8. The molecule has 20 heavy (non-hydrogen) atoms. The van der Waals surface area contributed by atoms with Gasteiger partial charge in [-0.05, 0) is 45.2 Å². The van der Waals surface area contributed by atoms with Gasteiger partial charge < -0.3 is 0 Å². The number of fused-ring (bicyclic) bond motifs is 4. The molecule has 4 rings (SSSR count). The number of hydrogen-bond donors (Lipinski definition) is 0. The first-order valence-electron chi connectivity index (χ1n) is 7.01. The van der Waals surface area contributed by atoms with Gasteiger partial charge in [0.1, 0.15) is 7.85 Å². The summed E-state index contributed by atoms with van der Waals surface area (Å²) in [5.74, 6) is 0. The van der Waals surface area contributed by atoms with Gasteiger partial charge in [0.25, 0.3) is 0 Å². The van der Waals surface area contributed by atoms with Crippen molar-refractivity contribution in [2.24, 2.45) is 0 Å². The zero-order valence-corrected chi connectivity index (χ0v) is 11.8. The molecule has 0 unspecified atom stereocenters. The minimum atomic E-state index is 0.0179. The van der Waals surface area contributed by atoms with E-state index in [0.29, 0.717) is 0 Å². The maximum atomic E-state index is 5.99. The van der Waals surface area contributed by atoms with Gasteiger partial charge >= 0.3 is 0 Å². The second-order valence-corrected chi connectivity index (χ2v) is 6.17. The van der Waals surface area contributed by atoms with Gasteiger partial charge in [-0.1, -0.05) is 61.8 Å². The molecule has 1 aliphatic rings. The minimum Gasteiger partial charge on any atom is -0.0963 e. The monoisotopic (exact) mass is 254 g/mol. The molecule has 0 spiro atoms. The van der Waals surface area contributed by atoms with Gasteiger partial charge in [0.15, 0.2) is 0 Å². The number of rotatable bonds is 0. The van der Waals surface area contributed by atoms with Gasteiger partial charge in [-0.3, -0.25) is 0 Å². The summed E-state index contributed by atoms with van der Waals surface area (Å²) in [5, 5.41) is 2.60. The fourth-order valence-electron chi connectivity index (χ4n) is 3.44. The van der Waals surface area contributed by atoms with Crippen LogP contribution in [-0.2, 0) is 5.41 Å². The Bertz CT molecular complexity index is 844. The van der Waals surface area contributed by atoms with Gasteiger partial charge in [0, 0.05) is 5.41 Å². The highest BCUT2D eigenvalue weighted by Crippen LogP contribution is 2.49. The smallest absolute Gasteiger partial charge is 0.0963 e. The lowest BCUT2D eigenvalue weighted by Gasteiger charge is -2.22. The molecule has 0 fully saturated rings. The summed E-state index contributed by atoms with van der Waals surface area (Å²) in [5.41, 5.74) is 6.27. The van der Waals surface area contributed by atoms with Crippen LogP contribution in [0.4, 0.5) is 0 Å². The lowest BCUT2D eigenvalue weighted by Crippen LogP contribution is -2.17. The first kappa shape index (κ1) is 11.8. The summed E-state index contributed by atoms with van der Waals surface area (Å²) >= 11 is 0.